The molecule has 0 aromatic rings. The fourth-order valence-electron chi connectivity index (χ4n) is 2.46. The maximum Gasteiger partial charge on any atom is 0.234 e. The van der Waals surface area contributed by atoms with Gasteiger partial charge in [0.05, 0.1) is 6.54 Å². The fraction of sp³-hybridized carbons (Fsp3) is 0.929. The minimum absolute atomic E-state index is 0.219. The molecule has 1 heterocycles. The maximum atomic E-state index is 11.7. The number of nitrogens with zero attached hydrogens (tertiary/aromatic N) is 2. The summed E-state index contributed by atoms with van der Waals surface area (Å²) in [5.74, 6) is 0.219. The SMILES string of the molecule is CCCCCN1CCN(CC(=O)NC2CC2)CC1. The molecular weight excluding hydrogens is 226 g/mol. The van der Waals surface area contributed by atoms with Crippen molar-refractivity contribution in [1.29, 1.82) is 0 Å². The predicted octanol–water partition coefficient (Wildman–Crippen LogP) is 1.07. The Hall–Kier alpha value is -0.610. The summed E-state index contributed by atoms with van der Waals surface area (Å²) in [5, 5.41) is 3.06. The Morgan fingerprint density at radius 2 is 1.78 bits per heavy atom. The van der Waals surface area contributed by atoms with E-state index in [0.29, 0.717) is 12.6 Å². The van der Waals surface area contributed by atoms with Gasteiger partial charge in [-0.1, -0.05) is 19.8 Å². The molecule has 1 saturated carbocycles. The van der Waals surface area contributed by atoms with Gasteiger partial charge in [-0.3, -0.25) is 9.69 Å². The second-order valence-electron chi connectivity index (χ2n) is 5.67. The van der Waals surface area contributed by atoms with E-state index < -0.39 is 0 Å². The van der Waals surface area contributed by atoms with Crippen LogP contribution in [0.1, 0.15) is 39.0 Å². The van der Waals surface area contributed by atoms with Gasteiger partial charge in [-0.2, -0.15) is 0 Å². The van der Waals surface area contributed by atoms with Crippen LogP contribution in [-0.4, -0.2) is 61.0 Å². The Labute approximate surface area is 111 Å². The molecule has 0 atom stereocenters. The van der Waals surface area contributed by atoms with E-state index in [4.69, 9.17) is 0 Å². The molecule has 0 aromatic heterocycles. The molecule has 0 spiro atoms. The Morgan fingerprint density at radius 1 is 1.11 bits per heavy atom. The average Bonchev–Trinajstić information content (AvgIpc) is 3.15. The molecule has 4 heteroatoms. The summed E-state index contributed by atoms with van der Waals surface area (Å²) in [5.41, 5.74) is 0. The molecule has 18 heavy (non-hydrogen) atoms. The van der Waals surface area contributed by atoms with Gasteiger partial charge >= 0.3 is 0 Å². The quantitative estimate of drug-likeness (QED) is 0.690. The molecule has 2 fully saturated rings. The van der Waals surface area contributed by atoms with Gasteiger partial charge in [0, 0.05) is 32.2 Å². The van der Waals surface area contributed by atoms with Gasteiger partial charge in [-0.25, -0.2) is 0 Å². The van der Waals surface area contributed by atoms with Gasteiger partial charge < -0.3 is 10.2 Å². The summed E-state index contributed by atoms with van der Waals surface area (Å²) in [7, 11) is 0. The van der Waals surface area contributed by atoms with Crippen molar-refractivity contribution in [3.8, 4) is 0 Å². The van der Waals surface area contributed by atoms with E-state index in [-0.39, 0.29) is 5.91 Å². The first-order valence-corrected chi connectivity index (χ1v) is 7.52. The molecule has 1 N–H and O–H groups in total. The summed E-state index contributed by atoms with van der Waals surface area (Å²) in [6, 6.07) is 0.493. The minimum atomic E-state index is 0.219. The third kappa shape index (κ3) is 4.94. The Morgan fingerprint density at radius 3 is 2.39 bits per heavy atom. The normalized spacial score (nSPS) is 22.1. The predicted molar refractivity (Wildman–Crippen MR) is 73.6 cm³/mol. The highest BCUT2D eigenvalue weighted by atomic mass is 16.2. The summed E-state index contributed by atoms with van der Waals surface area (Å²) in [4.78, 5) is 16.5. The lowest BCUT2D eigenvalue weighted by Gasteiger charge is -2.34. The summed E-state index contributed by atoms with van der Waals surface area (Å²) in [6.07, 6.45) is 6.30. The Kier molecular flexibility index (Phi) is 5.45. The van der Waals surface area contributed by atoms with Gasteiger partial charge in [0.2, 0.25) is 5.91 Å². The lowest BCUT2D eigenvalue weighted by molar-refractivity contribution is -0.122. The number of rotatable bonds is 7. The molecule has 2 rings (SSSR count). The zero-order valence-corrected chi connectivity index (χ0v) is 11.7. The number of amides is 1. The van der Waals surface area contributed by atoms with Crippen LogP contribution in [0.2, 0.25) is 0 Å². The maximum absolute atomic E-state index is 11.7. The van der Waals surface area contributed by atoms with E-state index in [0.717, 1.165) is 26.2 Å². The molecule has 1 aliphatic heterocycles. The standard InChI is InChI=1S/C14H27N3O/c1-2-3-4-7-16-8-10-17(11-9-16)12-14(18)15-13-5-6-13/h13H,2-12H2,1H3,(H,15,18). The molecule has 2 aliphatic rings. The van der Waals surface area contributed by atoms with Crippen LogP contribution in [0.15, 0.2) is 0 Å². The van der Waals surface area contributed by atoms with Crippen LogP contribution < -0.4 is 5.32 Å². The largest absolute Gasteiger partial charge is 0.352 e. The Balaban J connectivity index is 1.56. The molecule has 1 amide bonds. The number of hydrogen-bond donors (Lipinski definition) is 1. The number of nitrogens with one attached hydrogen (secondary N) is 1. The highest BCUT2D eigenvalue weighted by Crippen LogP contribution is 2.18. The van der Waals surface area contributed by atoms with Crippen LogP contribution in [0, 0.1) is 0 Å². The number of piperazine rings is 1. The third-order valence-corrected chi connectivity index (χ3v) is 3.85. The van der Waals surface area contributed by atoms with Crippen molar-refractivity contribution in [2.24, 2.45) is 0 Å². The zero-order chi connectivity index (χ0) is 12.8. The van der Waals surface area contributed by atoms with Gasteiger partial charge in [-0.05, 0) is 25.8 Å². The minimum Gasteiger partial charge on any atom is -0.352 e. The fourth-order valence-corrected chi connectivity index (χ4v) is 2.46. The monoisotopic (exact) mass is 253 g/mol. The summed E-state index contributed by atoms with van der Waals surface area (Å²) < 4.78 is 0. The highest BCUT2D eigenvalue weighted by Gasteiger charge is 2.25. The molecule has 0 bridgehead atoms. The van der Waals surface area contributed by atoms with Crippen molar-refractivity contribution in [1.82, 2.24) is 15.1 Å². The van der Waals surface area contributed by atoms with Crippen LogP contribution in [0.25, 0.3) is 0 Å². The molecule has 0 radical (unpaired) electrons. The van der Waals surface area contributed by atoms with Crippen LogP contribution in [0.4, 0.5) is 0 Å². The highest BCUT2D eigenvalue weighted by molar-refractivity contribution is 5.78. The van der Waals surface area contributed by atoms with E-state index in [2.05, 4.69) is 22.0 Å². The first kappa shape index (κ1) is 13.8. The first-order valence-electron chi connectivity index (χ1n) is 7.52. The van der Waals surface area contributed by atoms with Gasteiger partial charge in [0.1, 0.15) is 0 Å². The smallest absolute Gasteiger partial charge is 0.234 e. The van der Waals surface area contributed by atoms with Crippen molar-refractivity contribution in [2.45, 2.75) is 45.1 Å². The van der Waals surface area contributed by atoms with E-state index >= 15 is 0 Å². The zero-order valence-electron chi connectivity index (χ0n) is 11.7. The average molecular weight is 253 g/mol. The lowest BCUT2D eigenvalue weighted by atomic mass is 10.2. The number of hydrogen-bond acceptors (Lipinski definition) is 3. The van der Waals surface area contributed by atoms with Crippen LogP contribution in [0.3, 0.4) is 0 Å². The van der Waals surface area contributed by atoms with Crippen molar-refractivity contribution in [2.75, 3.05) is 39.3 Å². The van der Waals surface area contributed by atoms with Crippen molar-refractivity contribution in [3.05, 3.63) is 0 Å². The number of carbonyl (C=O) groups is 1. The molecular formula is C14H27N3O. The van der Waals surface area contributed by atoms with E-state index in [1.165, 1.54) is 38.6 Å². The van der Waals surface area contributed by atoms with Crippen molar-refractivity contribution in [3.63, 3.8) is 0 Å². The molecule has 104 valence electrons. The molecule has 4 nitrogen and oxygen atoms in total. The first-order chi connectivity index (χ1) is 8.78. The molecule has 1 aliphatic carbocycles. The topological polar surface area (TPSA) is 35.6 Å². The second-order valence-corrected chi connectivity index (χ2v) is 5.67. The third-order valence-electron chi connectivity index (χ3n) is 3.85. The van der Waals surface area contributed by atoms with Gasteiger partial charge in [0.15, 0.2) is 0 Å². The van der Waals surface area contributed by atoms with Crippen molar-refractivity contribution < 1.29 is 4.79 Å². The summed E-state index contributed by atoms with van der Waals surface area (Å²) in [6.45, 7) is 8.42. The van der Waals surface area contributed by atoms with Crippen LogP contribution in [-0.2, 0) is 4.79 Å². The van der Waals surface area contributed by atoms with Gasteiger partial charge in [0.25, 0.3) is 0 Å². The van der Waals surface area contributed by atoms with Crippen molar-refractivity contribution >= 4 is 5.91 Å². The second kappa shape index (κ2) is 7.10. The summed E-state index contributed by atoms with van der Waals surface area (Å²) >= 11 is 0. The van der Waals surface area contributed by atoms with Crippen LogP contribution >= 0.6 is 0 Å². The van der Waals surface area contributed by atoms with Crippen LogP contribution in [0.5, 0.6) is 0 Å². The van der Waals surface area contributed by atoms with E-state index in [1.54, 1.807) is 0 Å². The molecule has 1 saturated heterocycles. The lowest BCUT2D eigenvalue weighted by Crippen LogP contribution is -2.49. The van der Waals surface area contributed by atoms with Gasteiger partial charge in [-0.15, -0.1) is 0 Å². The number of unbranched alkanes of at least 4 members (excludes halogenated alkanes) is 2. The Bertz CT molecular complexity index is 258. The molecule has 0 unspecified atom stereocenters. The number of carbonyl (C=O) groups excluding carboxylic acids is 1. The van der Waals surface area contributed by atoms with E-state index in [1.807, 2.05) is 0 Å². The molecule has 0 aromatic carbocycles. The van der Waals surface area contributed by atoms with E-state index in [9.17, 15) is 4.79 Å².